The lowest BCUT2D eigenvalue weighted by Gasteiger charge is -2.19. The number of carbonyl (C=O) groups excluding carboxylic acids is 1. The van der Waals surface area contributed by atoms with Crippen molar-refractivity contribution in [3.63, 3.8) is 0 Å². The molecule has 1 N–H and O–H groups in total. The number of benzene rings is 3. The third kappa shape index (κ3) is 4.84. The molecule has 0 aliphatic heterocycles. The number of hydrogen-bond donors (Lipinski definition) is 1. The average molecular weight is 409 g/mol. The van der Waals surface area contributed by atoms with Crippen molar-refractivity contribution in [2.24, 2.45) is 0 Å². The van der Waals surface area contributed by atoms with E-state index in [-0.39, 0.29) is 17.2 Å². The normalized spacial score (nSPS) is 11.1. The Kier molecular flexibility index (Phi) is 6.34. The molecule has 0 unspecified atom stereocenters. The van der Waals surface area contributed by atoms with E-state index in [0.717, 1.165) is 23.2 Å². The largest absolute Gasteiger partial charge is 0.326 e. The van der Waals surface area contributed by atoms with Crippen molar-refractivity contribution in [3.05, 3.63) is 90.0 Å². The lowest BCUT2D eigenvalue weighted by atomic mass is 10.1. The fourth-order valence-corrected chi connectivity index (χ4v) is 4.26. The van der Waals surface area contributed by atoms with Crippen molar-refractivity contribution in [1.82, 2.24) is 0 Å². The molecule has 0 radical (unpaired) electrons. The zero-order chi connectivity index (χ0) is 20.9. The second kappa shape index (κ2) is 8.92. The van der Waals surface area contributed by atoms with Gasteiger partial charge in [-0.2, -0.15) is 0 Å². The first-order valence-electron chi connectivity index (χ1n) is 9.42. The first-order valence-corrected chi connectivity index (χ1v) is 10.9. The summed E-state index contributed by atoms with van der Waals surface area (Å²) >= 11 is 0. The minimum Gasteiger partial charge on any atom is -0.326 e. The molecule has 0 aliphatic carbocycles. The minimum atomic E-state index is -3.62. The fraction of sp³-hybridized carbons (Fsp3) is 0.174. The van der Waals surface area contributed by atoms with Crippen LogP contribution in [0.4, 0.5) is 11.4 Å². The Bertz CT molecular complexity index is 1080. The highest BCUT2D eigenvalue weighted by atomic mass is 32.2. The quantitative estimate of drug-likeness (QED) is 0.635. The second-order valence-corrected chi connectivity index (χ2v) is 8.66. The van der Waals surface area contributed by atoms with Crippen molar-refractivity contribution in [1.29, 1.82) is 0 Å². The van der Waals surface area contributed by atoms with Crippen LogP contribution in [0, 0.1) is 0 Å². The number of amides is 1. The predicted molar refractivity (Wildman–Crippen MR) is 117 cm³/mol. The van der Waals surface area contributed by atoms with Crippen molar-refractivity contribution in [3.8, 4) is 0 Å². The second-order valence-electron chi connectivity index (χ2n) is 6.69. The lowest BCUT2D eigenvalue weighted by Crippen LogP contribution is -2.26. The van der Waals surface area contributed by atoms with Crippen molar-refractivity contribution >= 4 is 27.3 Å². The summed E-state index contributed by atoms with van der Waals surface area (Å²) in [5.74, 6) is -0.107. The van der Waals surface area contributed by atoms with Crippen molar-refractivity contribution in [2.45, 2.75) is 24.7 Å². The highest BCUT2D eigenvalue weighted by molar-refractivity contribution is 7.92. The number of anilines is 2. The molecular formula is C23H24N2O3S. The van der Waals surface area contributed by atoms with Gasteiger partial charge in [-0.05, 0) is 47.9 Å². The van der Waals surface area contributed by atoms with Gasteiger partial charge < -0.3 is 5.32 Å². The maximum Gasteiger partial charge on any atom is 0.264 e. The van der Waals surface area contributed by atoms with Crippen LogP contribution < -0.4 is 9.62 Å². The van der Waals surface area contributed by atoms with Crippen LogP contribution in [-0.2, 0) is 27.7 Å². The zero-order valence-electron chi connectivity index (χ0n) is 16.5. The molecule has 0 aromatic heterocycles. The van der Waals surface area contributed by atoms with E-state index in [1.807, 2.05) is 31.2 Å². The molecule has 0 fully saturated rings. The molecule has 3 aromatic rings. The van der Waals surface area contributed by atoms with Crippen LogP contribution in [0.15, 0.2) is 83.8 Å². The van der Waals surface area contributed by atoms with Crippen LogP contribution in [0.1, 0.15) is 18.1 Å². The fourth-order valence-electron chi connectivity index (χ4n) is 3.04. The summed E-state index contributed by atoms with van der Waals surface area (Å²) in [6, 6.07) is 23.0. The summed E-state index contributed by atoms with van der Waals surface area (Å²) in [5, 5.41) is 2.95. The van der Waals surface area contributed by atoms with E-state index in [4.69, 9.17) is 0 Å². The molecule has 5 nitrogen and oxygen atoms in total. The molecule has 0 heterocycles. The van der Waals surface area contributed by atoms with Crippen LogP contribution in [0.5, 0.6) is 0 Å². The van der Waals surface area contributed by atoms with Gasteiger partial charge in [0, 0.05) is 12.7 Å². The van der Waals surface area contributed by atoms with E-state index in [2.05, 4.69) is 5.32 Å². The maximum atomic E-state index is 12.7. The Hall–Kier alpha value is -3.12. The number of para-hydroxylation sites is 1. The number of nitrogens with zero attached hydrogens (tertiary/aromatic N) is 1. The molecule has 3 rings (SSSR count). The number of aryl methyl sites for hydroxylation is 1. The molecule has 0 bridgehead atoms. The van der Waals surface area contributed by atoms with Crippen LogP contribution in [0.3, 0.4) is 0 Å². The zero-order valence-corrected chi connectivity index (χ0v) is 17.3. The molecule has 150 valence electrons. The van der Waals surface area contributed by atoms with Crippen LogP contribution in [0.2, 0.25) is 0 Å². The average Bonchev–Trinajstić information content (AvgIpc) is 2.74. The van der Waals surface area contributed by atoms with Gasteiger partial charge >= 0.3 is 0 Å². The Labute approximate surface area is 172 Å². The van der Waals surface area contributed by atoms with Gasteiger partial charge in [0.25, 0.3) is 10.0 Å². The van der Waals surface area contributed by atoms with Crippen molar-refractivity contribution < 1.29 is 13.2 Å². The topological polar surface area (TPSA) is 66.5 Å². The highest BCUT2D eigenvalue weighted by Gasteiger charge is 2.20. The first kappa shape index (κ1) is 20.6. The number of sulfonamides is 1. The number of carbonyl (C=O) groups is 1. The SMILES string of the molecule is CCc1ccccc1NC(=O)Cc1ccc(N(C)S(=O)(=O)c2ccccc2)cc1. The summed E-state index contributed by atoms with van der Waals surface area (Å²) in [7, 11) is -2.10. The van der Waals surface area contributed by atoms with E-state index in [9.17, 15) is 13.2 Å². The molecular weight excluding hydrogens is 384 g/mol. The number of rotatable bonds is 7. The van der Waals surface area contributed by atoms with Crippen LogP contribution >= 0.6 is 0 Å². The smallest absolute Gasteiger partial charge is 0.264 e. The van der Waals surface area contributed by atoms with Gasteiger partial charge in [0.15, 0.2) is 0 Å². The minimum absolute atomic E-state index is 0.107. The standard InChI is InChI=1S/C23H24N2O3S/c1-3-19-9-7-8-12-22(19)24-23(26)17-18-13-15-20(16-14-18)25(2)29(27,28)21-10-5-4-6-11-21/h4-16H,3,17H2,1-2H3,(H,24,26). The molecule has 6 heteroatoms. The third-order valence-electron chi connectivity index (χ3n) is 4.74. The Morgan fingerprint density at radius 3 is 2.17 bits per heavy atom. The Morgan fingerprint density at radius 1 is 0.897 bits per heavy atom. The first-order chi connectivity index (χ1) is 13.9. The van der Waals surface area contributed by atoms with Crippen LogP contribution in [-0.4, -0.2) is 21.4 Å². The molecule has 0 saturated carbocycles. The summed E-state index contributed by atoms with van der Waals surface area (Å²) in [4.78, 5) is 12.6. The molecule has 29 heavy (non-hydrogen) atoms. The van der Waals surface area contributed by atoms with E-state index in [0.29, 0.717) is 5.69 Å². The Morgan fingerprint density at radius 2 is 1.52 bits per heavy atom. The highest BCUT2D eigenvalue weighted by Crippen LogP contribution is 2.22. The van der Waals surface area contributed by atoms with Crippen LogP contribution in [0.25, 0.3) is 0 Å². The molecule has 1 amide bonds. The Balaban J connectivity index is 1.69. The van der Waals surface area contributed by atoms with E-state index < -0.39 is 10.0 Å². The van der Waals surface area contributed by atoms with E-state index >= 15 is 0 Å². The monoisotopic (exact) mass is 408 g/mol. The molecule has 3 aromatic carbocycles. The molecule has 0 aliphatic rings. The van der Waals surface area contributed by atoms with E-state index in [1.165, 1.54) is 11.4 Å². The lowest BCUT2D eigenvalue weighted by molar-refractivity contribution is -0.115. The maximum absolute atomic E-state index is 12.7. The summed E-state index contributed by atoms with van der Waals surface area (Å²) in [5.41, 5.74) is 3.26. The summed E-state index contributed by atoms with van der Waals surface area (Å²) in [6.07, 6.45) is 1.06. The third-order valence-corrected chi connectivity index (χ3v) is 6.54. The van der Waals surface area contributed by atoms with Gasteiger partial charge in [-0.25, -0.2) is 8.42 Å². The van der Waals surface area contributed by atoms with Crippen molar-refractivity contribution in [2.75, 3.05) is 16.7 Å². The number of hydrogen-bond acceptors (Lipinski definition) is 3. The van der Waals surface area contributed by atoms with Gasteiger partial charge in [-0.1, -0.05) is 55.5 Å². The van der Waals surface area contributed by atoms with Gasteiger partial charge in [0.2, 0.25) is 5.91 Å². The van der Waals surface area contributed by atoms with Gasteiger partial charge in [0.05, 0.1) is 17.0 Å². The molecule has 0 spiro atoms. The molecule has 0 saturated heterocycles. The van der Waals surface area contributed by atoms with Gasteiger partial charge in [-0.3, -0.25) is 9.10 Å². The summed E-state index contributed by atoms with van der Waals surface area (Å²) < 4.78 is 26.7. The number of nitrogens with one attached hydrogen (secondary N) is 1. The van der Waals surface area contributed by atoms with E-state index in [1.54, 1.807) is 54.6 Å². The van der Waals surface area contributed by atoms with Gasteiger partial charge in [-0.15, -0.1) is 0 Å². The predicted octanol–water partition coefficient (Wildman–Crippen LogP) is 4.26. The molecule has 0 atom stereocenters. The summed E-state index contributed by atoms with van der Waals surface area (Å²) in [6.45, 7) is 2.05. The van der Waals surface area contributed by atoms with Gasteiger partial charge in [0.1, 0.15) is 0 Å².